The van der Waals surface area contributed by atoms with Gasteiger partial charge < -0.3 is 20.1 Å². The Labute approximate surface area is 120 Å². The van der Waals surface area contributed by atoms with Crippen LogP contribution in [0.5, 0.6) is 11.5 Å². The molecule has 104 valence electrons. The van der Waals surface area contributed by atoms with Crippen LogP contribution in [0.1, 0.15) is 18.9 Å². The fourth-order valence-electron chi connectivity index (χ4n) is 1.84. The van der Waals surface area contributed by atoms with E-state index in [4.69, 9.17) is 9.47 Å². The van der Waals surface area contributed by atoms with Crippen molar-refractivity contribution >= 4 is 21.8 Å². The van der Waals surface area contributed by atoms with E-state index < -0.39 is 0 Å². The smallest absolute Gasteiger partial charge is 0.231 e. The van der Waals surface area contributed by atoms with Crippen molar-refractivity contribution in [2.45, 2.75) is 19.9 Å². The molecular formula is C13H17BrN2O3. The maximum Gasteiger partial charge on any atom is 0.231 e. The molecule has 0 radical (unpaired) electrons. The maximum absolute atomic E-state index is 11.3. The first kappa shape index (κ1) is 14.1. The number of fused-ring (bicyclic) bond motifs is 1. The minimum absolute atomic E-state index is 0.0712. The molecular weight excluding hydrogens is 312 g/mol. The third-order valence-electron chi connectivity index (χ3n) is 2.72. The molecule has 2 rings (SSSR count). The predicted octanol–water partition coefficient (Wildman–Crippen LogP) is 1.79. The zero-order valence-corrected chi connectivity index (χ0v) is 12.4. The van der Waals surface area contributed by atoms with Crippen LogP contribution in [0.25, 0.3) is 0 Å². The summed E-state index contributed by atoms with van der Waals surface area (Å²) in [6, 6.07) is 3.94. The second-order valence-electron chi connectivity index (χ2n) is 4.19. The number of carbonyl (C=O) groups is 1. The van der Waals surface area contributed by atoms with Gasteiger partial charge in [0.2, 0.25) is 12.7 Å². The van der Waals surface area contributed by atoms with Crippen LogP contribution in [0.15, 0.2) is 16.6 Å². The molecule has 1 aliphatic rings. The zero-order chi connectivity index (χ0) is 13.7. The van der Waals surface area contributed by atoms with E-state index in [0.717, 1.165) is 21.5 Å². The van der Waals surface area contributed by atoms with Gasteiger partial charge in [-0.05, 0) is 40.5 Å². The highest BCUT2D eigenvalue weighted by molar-refractivity contribution is 9.10. The van der Waals surface area contributed by atoms with E-state index in [0.29, 0.717) is 26.1 Å². The molecule has 0 aromatic heterocycles. The van der Waals surface area contributed by atoms with Gasteiger partial charge >= 0.3 is 0 Å². The Bertz CT molecular complexity index is 465. The van der Waals surface area contributed by atoms with Gasteiger partial charge in [0.1, 0.15) is 0 Å². The third kappa shape index (κ3) is 3.84. The molecule has 0 spiro atoms. The van der Waals surface area contributed by atoms with Gasteiger partial charge in [-0.2, -0.15) is 0 Å². The number of carbonyl (C=O) groups excluding carboxylic acids is 1. The molecule has 0 atom stereocenters. The number of ether oxygens (including phenoxy) is 2. The predicted molar refractivity (Wildman–Crippen MR) is 75.3 cm³/mol. The van der Waals surface area contributed by atoms with Crippen LogP contribution in [-0.4, -0.2) is 25.8 Å². The van der Waals surface area contributed by atoms with Gasteiger partial charge in [-0.15, -0.1) is 0 Å². The van der Waals surface area contributed by atoms with Crippen molar-refractivity contribution in [1.82, 2.24) is 10.6 Å². The molecule has 1 heterocycles. The summed E-state index contributed by atoms with van der Waals surface area (Å²) < 4.78 is 11.6. The van der Waals surface area contributed by atoms with Crippen molar-refractivity contribution in [3.63, 3.8) is 0 Å². The fourth-order valence-corrected chi connectivity index (χ4v) is 2.45. The van der Waals surface area contributed by atoms with Crippen LogP contribution in [0, 0.1) is 0 Å². The lowest BCUT2D eigenvalue weighted by Crippen LogP contribution is -2.27. The first-order valence-electron chi connectivity index (χ1n) is 6.26. The van der Waals surface area contributed by atoms with Gasteiger partial charge in [-0.1, -0.05) is 0 Å². The van der Waals surface area contributed by atoms with Crippen molar-refractivity contribution in [1.29, 1.82) is 0 Å². The Hall–Kier alpha value is -1.27. The SMILES string of the molecule is CCNC(=O)CCNCc1cc(Br)c2c(c1)OCO2. The summed E-state index contributed by atoms with van der Waals surface area (Å²) in [7, 11) is 0. The highest BCUT2D eigenvalue weighted by atomic mass is 79.9. The van der Waals surface area contributed by atoms with Crippen LogP contribution >= 0.6 is 15.9 Å². The van der Waals surface area contributed by atoms with Crippen LogP contribution in [0.4, 0.5) is 0 Å². The van der Waals surface area contributed by atoms with E-state index in [9.17, 15) is 4.79 Å². The molecule has 19 heavy (non-hydrogen) atoms. The number of halogens is 1. The second-order valence-corrected chi connectivity index (χ2v) is 5.05. The molecule has 0 saturated carbocycles. The maximum atomic E-state index is 11.3. The van der Waals surface area contributed by atoms with E-state index in [1.807, 2.05) is 19.1 Å². The van der Waals surface area contributed by atoms with E-state index in [1.54, 1.807) is 0 Å². The van der Waals surface area contributed by atoms with Crippen LogP contribution in [0.2, 0.25) is 0 Å². The van der Waals surface area contributed by atoms with Gasteiger partial charge in [0.15, 0.2) is 11.5 Å². The average Bonchev–Trinajstić information content (AvgIpc) is 2.84. The van der Waals surface area contributed by atoms with E-state index in [1.165, 1.54) is 0 Å². The molecule has 0 aliphatic carbocycles. The third-order valence-corrected chi connectivity index (χ3v) is 3.31. The molecule has 1 amide bonds. The highest BCUT2D eigenvalue weighted by Gasteiger charge is 2.17. The number of benzene rings is 1. The van der Waals surface area contributed by atoms with E-state index in [2.05, 4.69) is 26.6 Å². The standard InChI is InChI=1S/C13H17BrN2O3/c1-2-16-12(17)3-4-15-7-9-5-10(14)13-11(6-9)18-8-19-13/h5-6,15H,2-4,7-8H2,1H3,(H,16,17). The van der Waals surface area contributed by atoms with Crippen molar-refractivity contribution in [2.24, 2.45) is 0 Å². The normalized spacial score (nSPS) is 12.5. The van der Waals surface area contributed by atoms with Gasteiger partial charge in [0, 0.05) is 26.1 Å². The minimum Gasteiger partial charge on any atom is -0.454 e. The topological polar surface area (TPSA) is 59.6 Å². The molecule has 0 unspecified atom stereocenters. The molecule has 0 bridgehead atoms. The lowest BCUT2D eigenvalue weighted by atomic mass is 10.2. The van der Waals surface area contributed by atoms with Crippen LogP contribution < -0.4 is 20.1 Å². The molecule has 0 fully saturated rings. The van der Waals surface area contributed by atoms with Crippen molar-refractivity contribution in [3.8, 4) is 11.5 Å². The molecule has 6 heteroatoms. The number of amides is 1. The summed E-state index contributed by atoms with van der Waals surface area (Å²) in [5.41, 5.74) is 1.09. The van der Waals surface area contributed by atoms with Crippen molar-refractivity contribution in [2.75, 3.05) is 19.9 Å². The van der Waals surface area contributed by atoms with Crippen molar-refractivity contribution < 1.29 is 14.3 Å². The van der Waals surface area contributed by atoms with Gasteiger partial charge in [-0.3, -0.25) is 4.79 Å². The molecule has 5 nitrogen and oxygen atoms in total. The number of nitrogens with one attached hydrogen (secondary N) is 2. The Kier molecular flexibility index (Phi) is 5.04. The van der Waals surface area contributed by atoms with E-state index >= 15 is 0 Å². The Balaban J connectivity index is 1.81. The Morgan fingerprint density at radius 1 is 1.42 bits per heavy atom. The van der Waals surface area contributed by atoms with Crippen molar-refractivity contribution in [3.05, 3.63) is 22.2 Å². The lowest BCUT2D eigenvalue weighted by molar-refractivity contribution is -0.120. The quantitative estimate of drug-likeness (QED) is 0.782. The Morgan fingerprint density at radius 3 is 3.05 bits per heavy atom. The number of rotatable bonds is 6. The van der Waals surface area contributed by atoms with Gasteiger partial charge in [0.25, 0.3) is 0 Å². The van der Waals surface area contributed by atoms with Gasteiger partial charge in [-0.25, -0.2) is 0 Å². The summed E-state index contributed by atoms with van der Waals surface area (Å²) in [5.74, 6) is 1.59. The number of hydrogen-bond acceptors (Lipinski definition) is 4. The molecule has 0 saturated heterocycles. The summed E-state index contributed by atoms with van der Waals surface area (Å²) >= 11 is 3.45. The largest absolute Gasteiger partial charge is 0.454 e. The van der Waals surface area contributed by atoms with Gasteiger partial charge in [0.05, 0.1) is 4.47 Å². The highest BCUT2D eigenvalue weighted by Crippen LogP contribution is 2.39. The van der Waals surface area contributed by atoms with Crippen LogP contribution in [0.3, 0.4) is 0 Å². The summed E-state index contributed by atoms with van der Waals surface area (Å²) in [4.78, 5) is 11.3. The average molecular weight is 329 g/mol. The fraction of sp³-hybridized carbons (Fsp3) is 0.462. The first-order valence-corrected chi connectivity index (χ1v) is 7.05. The summed E-state index contributed by atoms with van der Waals surface area (Å²) in [6.07, 6.45) is 0.486. The first-order chi connectivity index (χ1) is 9.20. The molecule has 1 aromatic rings. The number of hydrogen-bond donors (Lipinski definition) is 2. The Morgan fingerprint density at radius 2 is 2.26 bits per heavy atom. The minimum atomic E-state index is 0.0712. The van der Waals surface area contributed by atoms with E-state index in [-0.39, 0.29) is 12.7 Å². The summed E-state index contributed by atoms with van der Waals surface area (Å²) in [5, 5.41) is 6.00. The zero-order valence-electron chi connectivity index (χ0n) is 10.8. The molecule has 1 aromatic carbocycles. The summed E-state index contributed by atoms with van der Waals surface area (Å²) in [6.45, 7) is 4.19. The second kappa shape index (κ2) is 6.77. The lowest BCUT2D eigenvalue weighted by Gasteiger charge is -2.07. The molecule has 2 N–H and O–H groups in total. The molecule has 1 aliphatic heterocycles. The monoisotopic (exact) mass is 328 g/mol. The van der Waals surface area contributed by atoms with Crippen LogP contribution in [-0.2, 0) is 11.3 Å².